The molecule has 1 aliphatic rings. The second-order valence-electron chi connectivity index (χ2n) is 7.43. The maximum absolute atomic E-state index is 13.0. The lowest BCUT2D eigenvalue weighted by Gasteiger charge is -2.14. The molecule has 3 aromatic rings. The van der Waals surface area contributed by atoms with Crippen LogP contribution >= 0.6 is 0 Å². The van der Waals surface area contributed by atoms with E-state index in [0.717, 1.165) is 25.0 Å². The minimum Gasteiger partial charge on any atom is -0.490 e. The van der Waals surface area contributed by atoms with Gasteiger partial charge >= 0.3 is 0 Å². The van der Waals surface area contributed by atoms with Crippen LogP contribution in [0.5, 0.6) is 5.75 Å². The van der Waals surface area contributed by atoms with E-state index in [4.69, 9.17) is 4.74 Å². The lowest BCUT2D eigenvalue weighted by Crippen LogP contribution is -2.27. The molecule has 0 saturated heterocycles. The third-order valence-electron chi connectivity index (χ3n) is 5.22. The number of fused-ring (bicyclic) bond motifs is 1. The van der Waals surface area contributed by atoms with Crippen LogP contribution in [0.25, 0.3) is 10.8 Å². The van der Waals surface area contributed by atoms with Crippen LogP contribution in [0, 0.1) is 0 Å². The summed E-state index contributed by atoms with van der Waals surface area (Å²) < 4.78 is 7.40. The van der Waals surface area contributed by atoms with Crippen LogP contribution in [0.4, 0.5) is 5.69 Å². The third kappa shape index (κ3) is 4.16. The first-order valence-electron chi connectivity index (χ1n) is 10.2. The number of nitrogens with one attached hydrogen (secondary N) is 1. The van der Waals surface area contributed by atoms with Crippen molar-refractivity contribution in [1.29, 1.82) is 0 Å². The average Bonchev–Trinajstić information content (AvgIpc) is 3.23. The fraction of sp³-hybridized carbons (Fsp3) is 0.348. The summed E-state index contributed by atoms with van der Waals surface area (Å²) in [6.07, 6.45) is 5.56. The molecule has 1 aliphatic carbocycles. The Labute approximate surface area is 169 Å². The van der Waals surface area contributed by atoms with E-state index in [1.165, 1.54) is 17.5 Å². The maximum atomic E-state index is 13.0. The number of carbonyl (C=O) groups is 1. The quantitative estimate of drug-likeness (QED) is 0.677. The Morgan fingerprint density at radius 1 is 1.14 bits per heavy atom. The highest BCUT2D eigenvalue weighted by Gasteiger charge is 2.18. The fourth-order valence-electron chi connectivity index (χ4n) is 3.80. The van der Waals surface area contributed by atoms with Crippen LogP contribution in [-0.4, -0.2) is 21.8 Å². The van der Waals surface area contributed by atoms with Crippen LogP contribution in [0.3, 0.4) is 0 Å². The van der Waals surface area contributed by atoms with Crippen LogP contribution in [0.15, 0.2) is 53.3 Å². The van der Waals surface area contributed by atoms with Gasteiger partial charge in [-0.25, -0.2) is 4.68 Å². The number of anilines is 1. The third-order valence-corrected chi connectivity index (χ3v) is 5.22. The van der Waals surface area contributed by atoms with Crippen molar-refractivity contribution in [2.45, 2.75) is 51.7 Å². The van der Waals surface area contributed by atoms with E-state index in [-0.39, 0.29) is 23.3 Å². The van der Waals surface area contributed by atoms with Crippen molar-refractivity contribution in [3.8, 4) is 5.75 Å². The molecule has 1 fully saturated rings. The van der Waals surface area contributed by atoms with Crippen molar-refractivity contribution in [3.63, 3.8) is 0 Å². The summed E-state index contributed by atoms with van der Waals surface area (Å²) in [4.78, 5) is 25.6. The first-order valence-corrected chi connectivity index (χ1v) is 10.2. The molecule has 0 unspecified atom stereocenters. The number of amides is 1. The molecule has 4 rings (SSSR count). The summed E-state index contributed by atoms with van der Waals surface area (Å²) in [5, 5.41) is 8.32. The first kappa shape index (κ1) is 19.2. The maximum Gasteiger partial charge on any atom is 0.276 e. The molecule has 0 radical (unpaired) electrons. The molecule has 29 heavy (non-hydrogen) atoms. The Morgan fingerprint density at radius 3 is 2.66 bits per heavy atom. The summed E-state index contributed by atoms with van der Waals surface area (Å²) in [7, 11) is 0. The Morgan fingerprint density at radius 2 is 1.90 bits per heavy atom. The smallest absolute Gasteiger partial charge is 0.276 e. The van der Waals surface area contributed by atoms with E-state index in [9.17, 15) is 9.59 Å². The number of benzene rings is 2. The van der Waals surface area contributed by atoms with Crippen molar-refractivity contribution in [1.82, 2.24) is 9.78 Å². The van der Waals surface area contributed by atoms with Gasteiger partial charge in [0.2, 0.25) is 0 Å². The number of carbonyl (C=O) groups excluding carboxylic acids is 1. The van der Waals surface area contributed by atoms with Crippen LogP contribution in [0.1, 0.15) is 49.5 Å². The van der Waals surface area contributed by atoms with Gasteiger partial charge in [0.25, 0.3) is 11.5 Å². The predicted octanol–water partition coefficient (Wildman–Crippen LogP) is 4.38. The highest BCUT2D eigenvalue weighted by atomic mass is 16.5. The van der Waals surface area contributed by atoms with Gasteiger partial charge in [0.1, 0.15) is 5.75 Å². The summed E-state index contributed by atoms with van der Waals surface area (Å²) in [5.74, 6) is 0.410. The highest BCUT2D eigenvalue weighted by molar-refractivity contribution is 6.11. The molecular formula is C23H25N3O3. The van der Waals surface area contributed by atoms with E-state index >= 15 is 0 Å². The molecule has 1 saturated carbocycles. The minimum atomic E-state index is -0.343. The molecular weight excluding hydrogens is 366 g/mol. The SMILES string of the molecule is CCCn1nc(C(=O)Nc2cccc(OC3CCCC3)c2)c2ccccc2c1=O. The summed E-state index contributed by atoms with van der Waals surface area (Å²) in [6.45, 7) is 2.44. The minimum absolute atomic E-state index is 0.175. The van der Waals surface area contributed by atoms with Gasteiger partial charge < -0.3 is 10.1 Å². The predicted molar refractivity (Wildman–Crippen MR) is 114 cm³/mol. The van der Waals surface area contributed by atoms with E-state index in [2.05, 4.69) is 10.4 Å². The van der Waals surface area contributed by atoms with Gasteiger partial charge in [-0.05, 0) is 50.3 Å². The van der Waals surface area contributed by atoms with Crippen LogP contribution < -0.4 is 15.6 Å². The molecule has 0 bridgehead atoms. The Bertz CT molecular complexity index is 1080. The van der Waals surface area contributed by atoms with Crippen LogP contribution in [0.2, 0.25) is 0 Å². The summed E-state index contributed by atoms with van der Waals surface area (Å²) in [6, 6.07) is 14.5. The van der Waals surface area contributed by atoms with Gasteiger partial charge in [0, 0.05) is 23.7 Å². The molecule has 2 aromatic carbocycles. The number of ether oxygens (including phenoxy) is 1. The second-order valence-corrected chi connectivity index (χ2v) is 7.43. The fourth-order valence-corrected chi connectivity index (χ4v) is 3.80. The zero-order valence-corrected chi connectivity index (χ0v) is 16.6. The lowest BCUT2D eigenvalue weighted by molar-refractivity contribution is 0.102. The second kappa shape index (κ2) is 8.47. The normalized spacial score (nSPS) is 14.2. The van der Waals surface area contributed by atoms with E-state index in [1.807, 2.05) is 31.2 Å². The van der Waals surface area contributed by atoms with Gasteiger partial charge in [-0.3, -0.25) is 9.59 Å². The molecule has 0 atom stereocenters. The number of rotatable bonds is 6. The molecule has 0 spiro atoms. The summed E-state index contributed by atoms with van der Waals surface area (Å²) >= 11 is 0. The zero-order chi connectivity index (χ0) is 20.2. The van der Waals surface area contributed by atoms with Crippen molar-refractivity contribution in [3.05, 3.63) is 64.6 Å². The number of nitrogens with zero attached hydrogens (tertiary/aromatic N) is 2. The molecule has 6 nitrogen and oxygen atoms in total. The van der Waals surface area contributed by atoms with Crippen molar-refractivity contribution >= 4 is 22.4 Å². The van der Waals surface area contributed by atoms with Gasteiger partial charge in [0.05, 0.1) is 11.5 Å². The number of aromatic nitrogens is 2. The van der Waals surface area contributed by atoms with Gasteiger partial charge in [-0.1, -0.05) is 31.2 Å². The van der Waals surface area contributed by atoms with Gasteiger partial charge in [-0.15, -0.1) is 0 Å². The first-order chi connectivity index (χ1) is 14.2. The largest absolute Gasteiger partial charge is 0.490 e. The zero-order valence-electron chi connectivity index (χ0n) is 16.6. The number of hydrogen-bond acceptors (Lipinski definition) is 4. The average molecular weight is 391 g/mol. The molecule has 6 heteroatoms. The Hall–Kier alpha value is -3.15. The Kier molecular flexibility index (Phi) is 5.60. The summed E-state index contributed by atoms with van der Waals surface area (Å²) in [5.41, 5.74) is 0.714. The van der Waals surface area contributed by atoms with Crippen LogP contribution in [-0.2, 0) is 6.54 Å². The van der Waals surface area contributed by atoms with E-state index in [1.54, 1.807) is 24.3 Å². The Balaban J connectivity index is 1.62. The lowest BCUT2D eigenvalue weighted by atomic mass is 10.1. The van der Waals surface area contributed by atoms with E-state index < -0.39 is 0 Å². The van der Waals surface area contributed by atoms with E-state index in [0.29, 0.717) is 23.0 Å². The van der Waals surface area contributed by atoms with Crippen molar-refractivity contribution in [2.75, 3.05) is 5.32 Å². The van der Waals surface area contributed by atoms with Gasteiger partial charge in [-0.2, -0.15) is 5.10 Å². The van der Waals surface area contributed by atoms with Crippen molar-refractivity contribution < 1.29 is 9.53 Å². The standard InChI is InChI=1S/C23H25N3O3/c1-2-14-26-23(28)20-13-6-5-12-19(20)21(25-26)22(27)24-16-8-7-11-18(15-16)29-17-9-3-4-10-17/h5-8,11-13,15,17H,2-4,9-10,14H2,1H3,(H,24,27). The topological polar surface area (TPSA) is 73.2 Å². The molecule has 1 amide bonds. The molecule has 1 aromatic heterocycles. The van der Waals surface area contributed by atoms with Crippen molar-refractivity contribution in [2.24, 2.45) is 0 Å². The molecule has 1 N–H and O–H groups in total. The monoisotopic (exact) mass is 391 g/mol. The number of hydrogen-bond donors (Lipinski definition) is 1. The molecule has 1 heterocycles. The molecule has 150 valence electrons. The molecule has 0 aliphatic heterocycles. The van der Waals surface area contributed by atoms with Gasteiger partial charge in [0.15, 0.2) is 5.69 Å². The highest BCUT2D eigenvalue weighted by Crippen LogP contribution is 2.26. The number of aryl methyl sites for hydroxylation is 1.